The Balaban J connectivity index is 2.11. The van der Waals surface area contributed by atoms with Crippen molar-refractivity contribution in [2.75, 3.05) is 35.5 Å². The predicted octanol–water partition coefficient (Wildman–Crippen LogP) is 4.46. The summed E-state index contributed by atoms with van der Waals surface area (Å²) in [5.41, 5.74) is 1.94. The van der Waals surface area contributed by atoms with Crippen molar-refractivity contribution < 1.29 is 23.7 Å². The molecule has 156 valence electrons. The molecule has 0 fully saturated rings. The fourth-order valence-electron chi connectivity index (χ4n) is 2.68. The zero-order chi connectivity index (χ0) is 21.4. The Bertz CT molecular complexity index is 876. The van der Waals surface area contributed by atoms with E-state index in [1.165, 1.54) is 0 Å². The first-order valence-corrected chi connectivity index (χ1v) is 10.1. The fraction of sp³-hybridized carbons (Fsp3) is 0.286. The molecule has 0 unspecified atom stereocenters. The molecule has 0 saturated carbocycles. The summed E-state index contributed by atoms with van der Waals surface area (Å²) in [6.07, 6.45) is 3.78. The highest BCUT2D eigenvalue weighted by atomic mass is 127. The van der Waals surface area contributed by atoms with E-state index in [1.807, 2.05) is 36.4 Å². The van der Waals surface area contributed by atoms with Crippen molar-refractivity contribution >= 4 is 45.9 Å². The van der Waals surface area contributed by atoms with E-state index in [-0.39, 0.29) is 0 Å². The van der Waals surface area contributed by atoms with Crippen molar-refractivity contribution in [1.29, 1.82) is 0 Å². The molecule has 0 spiro atoms. The Morgan fingerprint density at radius 1 is 0.897 bits per heavy atom. The Hall–Kier alpha value is -2.20. The van der Waals surface area contributed by atoms with E-state index >= 15 is 0 Å². The number of thiocarbonyl (C=S) groups is 1. The van der Waals surface area contributed by atoms with Gasteiger partial charge < -0.3 is 29.0 Å². The Kier molecular flexibility index (Phi) is 8.84. The monoisotopic (exact) mass is 529 g/mol. The van der Waals surface area contributed by atoms with Gasteiger partial charge >= 0.3 is 0 Å². The third kappa shape index (κ3) is 5.66. The zero-order valence-corrected chi connectivity index (χ0v) is 20.0. The number of rotatable bonds is 9. The zero-order valence-electron chi connectivity index (χ0n) is 17.0. The lowest BCUT2D eigenvalue weighted by Gasteiger charge is -2.14. The molecule has 2 aromatic rings. The number of ether oxygens (including phenoxy) is 5. The van der Waals surface area contributed by atoms with Gasteiger partial charge in [-0.1, -0.05) is 18.3 Å². The maximum Gasteiger partial charge on any atom is 0.203 e. The van der Waals surface area contributed by atoms with Gasteiger partial charge in [0.2, 0.25) is 5.75 Å². The molecule has 8 heteroatoms. The first-order valence-electron chi connectivity index (χ1n) is 8.64. The van der Waals surface area contributed by atoms with Crippen LogP contribution in [0, 0.1) is 3.57 Å². The molecular formula is C21H24INO5S. The summed E-state index contributed by atoms with van der Waals surface area (Å²) in [6, 6.07) is 7.60. The van der Waals surface area contributed by atoms with Crippen molar-refractivity contribution in [3.05, 3.63) is 45.0 Å². The third-order valence-corrected chi connectivity index (χ3v) is 5.51. The number of benzene rings is 2. The van der Waals surface area contributed by atoms with E-state index in [0.29, 0.717) is 40.3 Å². The van der Waals surface area contributed by atoms with Crippen LogP contribution in [-0.2, 0) is 6.54 Å². The molecule has 0 atom stereocenters. The molecule has 0 amide bonds. The molecule has 0 saturated heterocycles. The molecule has 2 aromatic carbocycles. The van der Waals surface area contributed by atoms with Crippen LogP contribution in [0.25, 0.3) is 6.08 Å². The number of hydrogen-bond acceptors (Lipinski definition) is 6. The molecule has 0 aliphatic carbocycles. The predicted molar refractivity (Wildman–Crippen MR) is 127 cm³/mol. The molecule has 0 radical (unpaired) electrons. The van der Waals surface area contributed by atoms with Crippen molar-refractivity contribution in [3.63, 3.8) is 0 Å². The highest BCUT2D eigenvalue weighted by Gasteiger charge is 2.13. The number of nitrogens with one attached hydrogen (secondary N) is 1. The Morgan fingerprint density at radius 3 is 2.00 bits per heavy atom. The molecule has 0 aromatic heterocycles. The van der Waals surface area contributed by atoms with Gasteiger partial charge in [0, 0.05) is 6.54 Å². The lowest BCUT2D eigenvalue weighted by Crippen LogP contribution is -2.18. The molecular weight excluding hydrogens is 505 g/mol. The van der Waals surface area contributed by atoms with Crippen LogP contribution < -0.4 is 29.0 Å². The molecule has 29 heavy (non-hydrogen) atoms. The van der Waals surface area contributed by atoms with E-state index in [9.17, 15) is 0 Å². The summed E-state index contributed by atoms with van der Waals surface area (Å²) in [6.45, 7) is 0.517. The van der Waals surface area contributed by atoms with Crippen molar-refractivity contribution in [1.82, 2.24) is 5.32 Å². The van der Waals surface area contributed by atoms with Crippen LogP contribution in [0.3, 0.4) is 0 Å². The molecule has 0 aliphatic rings. The lowest BCUT2D eigenvalue weighted by atomic mass is 10.1. The SMILES string of the molecule is COc1cc(CNC(=S)/C=C/c2ccc(OC)c(OC)c2I)cc(OC)c1OC. The molecule has 0 heterocycles. The summed E-state index contributed by atoms with van der Waals surface area (Å²) in [5, 5.41) is 3.21. The minimum atomic E-state index is 0.517. The van der Waals surface area contributed by atoms with Crippen LogP contribution in [0.2, 0.25) is 0 Å². The van der Waals surface area contributed by atoms with Crippen LogP contribution >= 0.6 is 34.8 Å². The van der Waals surface area contributed by atoms with E-state index in [1.54, 1.807) is 35.5 Å². The van der Waals surface area contributed by atoms with E-state index < -0.39 is 0 Å². The summed E-state index contributed by atoms with van der Waals surface area (Å²) >= 11 is 7.66. The van der Waals surface area contributed by atoms with Crippen LogP contribution in [0.1, 0.15) is 11.1 Å². The normalized spacial score (nSPS) is 10.6. The summed E-state index contributed by atoms with van der Waals surface area (Å²) in [5.74, 6) is 3.16. The summed E-state index contributed by atoms with van der Waals surface area (Å²) < 4.78 is 27.8. The standard InChI is InChI=1S/C21H24INO5S/c1-24-15-8-6-14(19(22)21(15)28-5)7-9-18(29)23-12-13-10-16(25-2)20(27-4)17(11-13)26-3/h6-11H,12H2,1-5H3,(H,23,29)/b9-7+. The smallest absolute Gasteiger partial charge is 0.203 e. The molecule has 1 N–H and O–H groups in total. The van der Waals surface area contributed by atoms with Crippen molar-refractivity contribution in [3.8, 4) is 28.7 Å². The molecule has 0 bridgehead atoms. The molecule has 0 aliphatic heterocycles. The van der Waals surface area contributed by atoms with Gasteiger partial charge in [-0.3, -0.25) is 0 Å². The van der Waals surface area contributed by atoms with Gasteiger partial charge in [0.25, 0.3) is 0 Å². The number of hydrogen-bond donors (Lipinski definition) is 1. The van der Waals surface area contributed by atoms with E-state index in [2.05, 4.69) is 27.9 Å². The third-order valence-electron chi connectivity index (χ3n) is 4.12. The van der Waals surface area contributed by atoms with Gasteiger partial charge in [0.05, 0.1) is 44.1 Å². The summed E-state index contributed by atoms with van der Waals surface area (Å²) in [4.78, 5) is 0.601. The van der Waals surface area contributed by atoms with Gasteiger partial charge in [0.15, 0.2) is 23.0 Å². The van der Waals surface area contributed by atoms with Crippen LogP contribution in [0.5, 0.6) is 28.7 Å². The Morgan fingerprint density at radius 2 is 1.48 bits per heavy atom. The highest BCUT2D eigenvalue weighted by Crippen LogP contribution is 2.38. The van der Waals surface area contributed by atoms with Gasteiger partial charge in [-0.2, -0.15) is 0 Å². The van der Waals surface area contributed by atoms with Crippen molar-refractivity contribution in [2.45, 2.75) is 6.54 Å². The lowest BCUT2D eigenvalue weighted by molar-refractivity contribution is 0.323. The topological polar surface area (TPSA) is 58.2 Å². The Labute approximate surface area is 190 Å². The van der Waals surface area contributed by atoms with Crippen LogP contribution in [-0.4, -0.2) is 40.5 Å². The maximum absolute atomic E-state index is 5.43. The second kappa shape index (κ2) is 11.1. The number of methoxy groups -OCH3 is 5. The quantitative estimate of drug-likeness (QED) is 0.293. The van der Waals surface area contributed by atoms with Crippen LogP contribution in [0.4, 0.5) is 0 Å². The minimum absolute atomic E-state index is 0.517. The second-order valence-electron chi connectivity index (χ2n) is 5.79. The first-order chi connectivity index (χ1) is 14.0. The minimum Gasteiger partial charge on any atom is -0.493 e. The molecule has 2 rings (SSSR count). The van der Waals surface area contributed by atoms with Gasteiger partial charge in [-0.25, -0.2) is 0 Å². The average Bonchev–Trinajstić information content (AvgIpc) is 2.75. The largest absolute Gasteiger partial charge is 0.493 e. The van der Waals surface area contributed by atoms with E-state index in [4.69, 9.17) is 35.9 Å². The average molecular weight is 529 g/mol. The first kappa shape index (κ1) is 23.1. The fourth-order valence-corrected chi connectivity index (χ4v) is 3.67. The highest BCUT2D eigenvalue weighted by molar-refractivity contribution is 14.1. The second-order valence-corrected chi connectivity index (χ2v) is 7.31. The van der Waals surface area contributed by atoms with Gasteiger partial charge in [-0.15, -0.1) is 0 Å². The maximum atomic E-state index is 5.43. The van der Waals surface area contributed by atoms with Crippen LogP contribution in [0.15, 0.2) is 30.3 Å². The van der Waals surface area contributed by atoms with Gasteiger partial charge in [-0.05, 0) is 64.1 Å². The van der Waals surface area contributed by atoms with E-state index in [0.717, 1.165) is 14.7 Å². The van der Waals surface area contributed by atoms with Crippen molar-refractivity contribution in [2.24, 2.45) is 0 Å². The number of halogens is 1. The molecule has 6 nitrogen and oxygen atoms in total. The summed E-state index contributed by atoms with van der Waals surface area (Å²) in [7, 11) is 8.00. The van der Waals surface area contributed by atoms with Gasteiger partial charge in [0.1, 0.15) is 0 Å².